The van der Waals surface area contributed by atoms with Crippen molar-refractivity contribution >= 4 is 23.7 Å². The Bertz CT molecular complexity index is 1910. The summed E-state index contributed by atoms with van der Waals surface area (Å²) in [6.45, 7) is 5.68. The predicted molar refractivity (Wildman–Crippen MR) is 172 cm³/mol. The van der Waals surface area contributed by atoms with Crippen LogP contribution in [-0.2, 0) is 22.5 Å². The van der Waals surface area contributed by atoms with Gasteiger partial charge in [-0.15, -0.1) is 0 Å². The number of ether oxygens (including phenoxy) is 2. The highest BCUT2D eigenvalue weighted by Crippen LogP contribution is 2.26. The Morgan fingerprint density at radius 1 is 1.02 bits per heavy atom. The number of nitrogens with one attached hydrogen (secondary N) is 2. The first-order chi connectivity index (χ1) is 22.9. The van der Waals surface area contributed by atoms with E-state index in [0.29, 0.717) is 29.1 Å². The van der Waals surface area contributed by atoms with Crippen LogP contribution in [0.25, 0.3) is 22.8 Å². The van der Waals surface area contributed by atoms with E-state index in [-0.39, 0.29) is 29.3 Å². The van der Waals surface area contributed by atoms with Gasteiger partial charge in [-0.3, -0.25) is 14.8 Å². The van der Waals surface area contributed by atoms with Crippen molar-refractivity contribution in [3.63, 3.8) is 0 Å². The van der Waals surface area contributed by atoms with Crippen LogP contribution in [0.4, 0.5) is 14.9 Å². The molecule has 248 valence electrons. The number of benzene rings is 3. The Hall–Kier alpha value is -6.05. The molecule has 48 heavy (non-hydrogen) atoms. The molecule has 3 N–H and O–H groups in total. The number of carboxylic acid groups (broad SMARTS) is 1. The number of methoxy groups -OCH3 is 1. The molecule has 0 bridgehead atoms. The van der Waals surface area contributed by atoms with Crippen molar-refractivity contribution < 1.29 is 37.9 Å². The third-order valence-electron chi connectivity index (χ3n) is 6.92. The number of aliphatic carboxylic acids is 1. The Labute approximate surface area is 274 Å². The molecule has 0 fully saturated rings. The average Bonchev–Trinajstić information content (AvgIpc) is 3.71. The lowest BCUT2D eigenvalue weighted by Crippen LogP contribution is -2.42. The molecule has 5 aromatic rings. The predicted octanol–water partition coefficient (Wildman–Crippen LogP) is 5.57. The number of carboxylic acids is 1. The summed E-state index contributed by atoms with van der Waals surface area (Å²) in [6, 6.07) is 16.7. The third kappa shape index (κ3) is 8.60. The highest BCUT2D eigenvalue weighted by Gasteiger charge is 2.23. The molecule has 2 amide bonds. The molecule has 2 heterocycles. The summed E-state index contributed by atoms with van der Waals surface area (Å²) < 4.78 is 32.5. The van der Waals surface area contributed by atoms with Crippen molar-refractivity contribution in [2.45, 2.75) is 45.4 Å². The summed E-state index contributed by atoms with van der Waals surface area (Å²) in [4.78, 5) is 41.2. The van der Waals surface area contributed by atoms with E-state index >= 15 is 4.39 Å². The van der Waals surface area contributed by atoms with Crippen LogP contribution in [0.15, 0.2) is 83.6 Å². The van der Waals surface area contributed by atoms with Gasteiger partial charge in [0.2, 0.25) is 5.82 Å². The second-order valence-electron chi connectivity index (χ2n) is 11.8. The van der Waals surface area contributed by atoms with Crippen LogP contribution in [0.2, 0.25) is 0 Å². The zero-order valence-electron chi connectivity index (χ0n) is 26.6. The van der Waals surface area contributed by atoms with Gasteiger partial charge in [-0.2, -0.15) is 10.1 Å². The van der Waals surface area contributed by atoms with Crippen molar-refractivity contribution in [1.29, 1.82) is 0 Å². The molecular weight excluding hydrogens is 623 g/mol. The van der Waals surface area contributed by atoms with Crippen LogP contribution in [0.5, 0.6) is 5.75 Å². The number of carbonyl (C=O) groups excluding carboxylic acids is 2. The number of rotatable bonds is 11. The van der Waals surface area contributed by atoms with E-state index in [9.17, 15) is 19.5 Å². The Morgan fingerprint density at radius 3 is 2.38 bits per heavy atom. The summed E-state index contributed by atoms with van der Waals surface area (Å²) in [5.41, 5.74) is 1.86. The van der Waals surface area contributed by atoms with Crippen LogP contribution in [0.1, 0.15) is 42.3 Å². The molecule has 0 saturated heterocycles. The molecule has 0 aliphatic carbocycles. The average molecular weight is 657 g/mol. The van der Waals surface area contributed by atoms with Crippen molar-refractivity contribution in [3.8, 4) is 28.6 Å². The number of aromatic nitrogens is 4. The Balaban J connectivity index is 1.20. The first-order valence-electron chi connectivity index (χ1n) is 14.8. The summed E-state index contributed by atoms with van der Waals surface area (Å²) in [6.07, 6.45) is 2.08. The van der Waals surface area contributed by atoms with E-state index in [1.807, 2.05) is 24.3 Å². The van der Waals surface area contributed by atoms with Crippen LogP contribution in [-0.4, -0.2) is 61.8 Å². The van der Waals surface area contributed by atoms with Crippen molar-refractivity contribution in [2.75, 3.05) is 12.4 Å². The summed E-state index contributed by atoms with van der Waals surface area (Å²) in [5.74, 6) is -1.79. The maximum atomic E-state index is 15.2. The lowest BCUT2D eigenvalue weighted by Gasteiger charge is -2.19. The van der Waals surface area contributed by atoms with Gasteiger partial charge in [0, 0.05) is 23.9 Å². The van der Waals surface area contributed by atoms with Gasteiger partial charge in [0.15, 0.2) is 0 Å². The van der Waals surface area contributed by atoms with E-state index in [4.69, 9.17) is 14.0 Å². The van der Waals surface area contributed by atoms with E-state index in [2.05, 4.69) is 25.9 Å². The van der Waals surface area contributed by atoms with Gasteiger partial charge >= 0.3 is 12.1 Å². The van der Waals surface area contributed by atoms with Gasteiger partial charge in [-0.25, -0.2) is 14.0 Å². The molecule has 0 spiro atoms. The molecule has 0 aliphatic rings. The van der Waals surface area contributed by atoms with Gasteiger partial charge in [-0.05, 0) is 80.4 Å². The normalized spacial score (nSPS) is 11.9. The fourth-order valence-corrected chi connectivity index (χ4v) is 4.60. The molecular formula is C34H33FN6O7. The smallest absolute Gasteiger partial charge is 0.412 e. The molecule has 1 unspecified atom stereocenters. The second-order valence-corrected chi connectivity index (χ2v) is 11.8. The first-order valence-corrected chi connectivity index (χ1v) is 14.8. The van der Waals surface area contributed by atoms with E-state index in [1.165, 1.54) is 24.5 Å². The number of anilines is 1. The topological polar surface area (TPSA) is 171 Å². The molecule has 1 atom stereocenters. The van der Waals surface area contributed by atoms with Gasteiger partial charge < -0.3 is 24.4 Å². The van der Waals surface area contributed by atoms with Crippen LogP contribution in [0.3, 0.4) is 0 Å². The van der Waals surface area contributed by atoms with Crippen LogP contribution in [0, 0.1) is 5.82 Å². The number of halogens is 1. The lowest BCUT2D eigenvalue weighted by atomic mass is 10.0. The monoisotopic (exact) mass is 656 g/mol. The summed E-state index contributed by atoms with van der Waals surface area (Å²) in [5, 5.41) is 23.0. The zero-order valence-corrected chi connectivity index (χ0v) is 26.6. The lowest BCUT2D eigenvalue weighted by molar-refractivity contribution is -0.139. The van der Waals surface area contributed by atoms with Gasteiger partial charge in [0.05, 0.1) is 31.0 Å². The SMILES string of the molecule is COc1ccc(Cn2cc(C(=O)NC(Cc3ccc(-c4noc(-c5ccc(NC(=O)OC(C)(C)C)cc5)n4)c(F)c3)C(=O)O)cn2)cc1. The fourth-order valence-electron chi connectivity index (χ4n) is 4.60. The van der Waals surface area contributed by atoms with Crippen LogP contribution >= 0.6 is 0 Å². The highest BCUT2D eigenvalue weighted by atomic mass is 19.1. The highest BCUT2D eigenvalue weighted by molar-refractivity contribution is 5.96. The molecule has 14 heteroatoms. The largest absolute Gasteiger partial charge is 0.497 e. The van der Waals surface area contributed by atoms with Gasteiger partial charge in [0.1, 0.15) is 23.2 Å². The molecule has 13 nitrogen and oxygen atoms in total. The standard InChI is InChI=1S/C34H33FN6O7/c1-34(2,3)47-33(45)37-24-10-8-22(9-11-24)31-39-29(40-48-31)26-14-7-21(15-27(26)35)16-28(32(43)44)38-30(42)23-17-36-41(19-23)18-20-5-12-25(46-4)13-6-20/h5-15,17,19,28H,16,18H2,1-4H3,(H,37,45)(H,38,42)(H,43,44). The Kier molecular flexibility index (Phi) is 9.83. The summed E-state index contributed by atoms with van der Waals surface area (Å²) in [7, 11) is 1.58. The minimum atomic E-state index is -1.34. The minimum Gasteiger partial charge on any atom is -0.497 e. The maximum Gasteiger partial charge on any atom is 0.412 e. The van der Waals surface area contributed by atoms with E-state index < -0.39 is 35.4 Å². The van der Waals surface area contributed by atoms with Crippen LogP contribution < -0.4 is 15.4 Å². The van der Waals surface area contributed by atoms with Crippen molar-refractivity contribution in [2.24, 2.45) is 0 Å². The quantitative estimate of drug-likeness (QED) is 0.163. The number of hydrogen-bond donors (Lipinski definition) is 3. The third-order valence-corrected chi connectivity index (χ3v) is 6.92. The number of carbonyl (C=O) groups is 3. The van der Waals surface area contributed by atoms with Gasteiger partial charge in [-0.1, -0.05) is 23.4 Å². The fraction of sp³-hybridized carbons (Fsp3) is 0.235. The summed E-state index contributed by atoms with van der Waals surface area (Å²) >= 11 is 0. The number of nitrogens with zero attached hydrogens (tertiary/aromatic N) is 4. The molecule has 5 rings (SSSR count). The molecule has 3 aromatic carbocycles. The molecule has 0 radical (unpaired) electrons. The maximum absolute atomic E-state index is 15.2. The Morgan fingerprint density at radius 2 is 1.73 bits per heavy atom. The first kappa shape index (κ1) is 33.3. The minimum absolute atomic E-state index is 0.0141. The zero-order chi connectivity index (χ0) is 34.4. The molecule has 2 aromatic heterocycles. The number of hydrogen-bond acceptors (Lipinski definition) is 9. The van der Waals surface area contributed by atoms with E-state index in [1.54, 1.807) is 56.8 Å². The second kappa shape index (κ2) is 14.2. The van der Waals surface area contributed by atoms with Crippen molar-refractivity contribution in [3.05, 3.63) is 102 Å². The van der Waals surface area contributed by atoms with E-state index in [0.717, 1.165) is 11.6 Å². The van der Waals surface area contributed by atoms with Crippen molar-refractivity contribution in [1.82, 2.24) is 25.2 Å². The van der Waals surface area contributed by atoms with Gasteiger partial charge in [0.25, 0.3) is 11.8 Å². The molecule has 0 aliphatic heterocycles. The number of amides is 2. The molecule has 0 saturated carbocycles.